The van der Waals surface area contributed by atoms with Gasteiger partial charge in [-0.1, -0.05) is 12.1 Å². The van der Waals surface area contributed by atoms with Gasteiger partial charge in [-0.3, -0.25) is 4.79 Å². The van der Waals surface area contributed by atoms with E-state index in [2.05, 4.69) is 0 Å². The molecule has 5 nitrogen and oxygen atoms in total. The Bertz CT molecular complexity index is 884. The average molecular weight is 284 g/mol. The van der Waals surface area contributed by atoms with Gasteiger partial charge in [0, 0.05) is 19.0 Å². The minimum Gasteiger partial charge on any atom is -0.504 e. The number of nitrogens with zero attached hydrogens (tertiary/aromatic N) is 1. The van der Waals surface area contributed by atoms with Crippen LogP contribution in [0.3, 0.4) is 0 Å². The van der Waals surface area contributed by atoms with Crippen LogP contribution >= 0.6 is 0 Å². The van der Waals surface area contributed by atoms with Crippen molar-refractivity contribution < 1.29 is 9.84 Å². The summed E-state index contributed by atoms with van der Waals surface area (Å²) in [5.41, 5.74) is 6.68. The summed E-state index contributed by atoms with van der Waals surface area (Å²) in [5, 5.41) is 11.2. The number of phenolic OH excluding ortho intramolecular Hbond substituents is 1. The highest BCUT2D eigenvalue weighted by Gasteiger charge is 2.15. The minimum absolute atomic E-state index is 0.132. The molecule has 0 unspecified atom stereocenters. The van der Waals surface area contributed by atoms with Crippen molar-refractivity contribution in [2.75, 3.05) is 13.2 Å². The number of fused-ring (bicyclic) bond motifs is 2. The fourth-order valence-corrected chi connectivity index (χ4v) is 2.57. The monoisotopic (exact) mass is 284 g/mol. The van der Waals surface area contributed by atoms with E-state index in [9.17, 15) is 9.90 Å². The van der Waals surface area contributed by atoms with Gasteiger partial charge in [-0.15, -0.1) is 0 Å². The highest BCUT2D eigenvalue weighted by atomic mass is 16.5. The highest BCUT2D eigenvalue weighted by molar-refractivity contribution is 5.97. The SMILES string of the molecule is Cn1c2ccccc2c(=O)c2c(O)c(OCCN)ccc21. The smallest absolute Gasteiger partial charge is 0.201 e. The molecule has 0 saturated carbocycles. The Morgan fingerprint density at radius 1 is 1.19 bits per heavy atom. The van der Waals surface area contributed by atoms with Crippen molar-refractivity contribution >= 4 is 21.8 Å². The van der Waals surface area contributed by atoms with Crippen molar-refractivity contribution in [1.82, 2.24) is 4.57 Å². The van der Waals surface area contributed by atoms with Gasteiger partial charge in [-0.25, -0.2) is 0 Å². The Morgan fingerprint density at radius 2 is 1.95 bits per heavy atom. The quantitative estimate of drug-likeness (QED) is 0.718. The molecule has 0 amide bonds. The molecule has 0 fully saturated rings. The van der Waals surface area contributed by atoms with Gasteiger partial charge in [0.2, 0.25) is 5.43 Å². The molecule has 0 bridgehead atoms. The largest absolute Gasteiger partial charge is 0.504 e. The van der Waals surface area contributed by atoms with Gasteiger partial charge >= 0.3 is 0 Å². The molecular formula is C16H16N2O3. The van der Waals surface area contributed by atoms with Crippen LogP contribution in [0.15, 0.2) is 41.2 Å². The van der Waals surface area contributed by atoms with Gasteiger partial charge in [0.15, 0.2) is 11.5 Å². The first-order valence-corrected chi connectivity index (χ1v) is 6.71. The summed E-state index contributed by atoms with van der Waals surface area (Å²) in [6, 6.07) is 10.7. The summed E-state index contributed by atoms with van der Waals surface area (Å²) in [7, 11) is 1.87. The molecule has 1 heterocycles. The van der Waals surface area contributed by atoms with Crippen LogP contribution < -0.4 is 15.9 Å². The van der Waals surface area contributed by atoms with Gasteiger partial charge in [0.1, 0.15) is 6.61 Å². The zero-order chi connectivity index (χ0) is 15.0. The number of para-hydroxylation sites is 1. The van der Waals surface area contributed by atoms with Crippen molar-refractivity contribution in [1.29, 1.82) is 0 Å². The summed E-state index contributed by atoms with van der Waals surface area (Å²) in [5.74, 6) is 0.146. The van der Waals surface area contributed by atoms with Crippen LogP contribution in [0.25, 0.3) is 21.8 Å². The maximum atomic E-state index is 12.6. The fraction of sp³-hybridized carbons (Fsp3) is 0.188. The molecular weight excluding hydrogens is 268 g/mol. The van der Waals surface area contributed by atoms with E-state index < -0.39 is 0 Å². The molecule has 5 heteroatoms. The molecule has 0 aliphatic rings. The van der Waals surface area contributed by atoms with E-state index in [1.165, 1.54) is 0 Å². The predicted octanol–water partition coefficient (Wildman–Crippen LogP) is 1.73. The first kappa shape index (κ1) is 13.5. The molecule has 0 aliphatic carbocycles. The first-order chi connectivity index (χ1) is 10.1. The normalized spacial score (nSPS) is 11.1. The molecule has 1 aromatic heterocycles. The second-order valence-corrected chi connectivity index (χ2v) is 4.85. The molecule has 0 aliphatic heterocycles. The predicted molar refractivity (Wildman–Crippen MR) is 82.9 cm³/mol. The van der Waals surface area contributed by atoms with Gasteiger partial charge in [-0.05, 0) is 24.3 Å². The maximum Gasteiger partial charge on any atom is 0.201 e. The molecule has 0 spiro atoms. The third-order valence-corrected chi connectivity index (χ3v) is 3.59. The molecule has 3 rings (SSSR count). The maximum absolute atomic E-state index is 12.6. The number of pyridine rings is 1. The first-order valence-electron chi connectivity index (χ1n) is 6.71. The van der Waals surface area contributed by atoms with Gasteiger partial charge in [0.05, 0.1) is 16.4 Å². The second-order valence-electron chi connectivity index (χ2n) is 4.85. The van der Waals surface area contributed by atoms with E-state index in [-0.39, 0.29) is 28.9 Å². The van der Waals surface area contributed by atoms with E-state index in [0.29, 0.717) is 17.4 Å². The van der Waals surface area contributed by atoms with Crippen LogP contribution in [-0.2, 0) is 7.05 Å². The van der Waals surface area contributed by atoms with E-state index in [1.54, 1.807) is 24.3 Å². The lowest BCUT2D eigenvalue weighted by Gasteiger charge is -2.13. The molecule has 0 atom stereocenters. The molecule has 3 N–H and O–H groups in total. The summed E-state index contributed by atoms with van der Waals surface area (Å²) in [4.78, 5) is 12.6. The standard InChI is InChI=1S/C16H16N2O3/c1-18-11-5-3-2-4-10(11)15(19)14-12(18)6-7-13(16(14)20)21-9-8-17/h2-7,20H,8-9,17H2,1H3. The number of aromatic nitrogens is 1. The van der Waals surface area contributed by atoms with Crippen molar-refractivity contribution in [3.8, 4) is 11.5 Å². The van der Waals surface area contributed by atoms with Crippen LogP contribution in [0.1, 0.15) is 0 Å². The summed E-state index contributed by atoms with van der Waals surface area (Å²) >= 11 is 0. The van der Waals surface area contributed by atoms with Gasteiger partial charge in [0.25, 0.3) is 0 Å². The van der Waals surface area contributed by atoms with E-state index >= 15 is 0 Å². The number of hydrogen-bond acceptors (Lipinski definition) is 4. The van der Waals surface area contributed by atoms with E-state index in [4.69, 9.17) is 10.5 Å². The van der Waals surface area contributed by atoms with Crippen molar-refractivity contribution in [3.63, 3.8) is 0 Å². The zero-order valence-corrected chi connectivity index (χ0v) is 11.7. The average Bonchev–Trinajstić information content (AvgIpc) is 2.51. The van der Waals surface area contributed by atoms with Crippen LogP contribution in [0.4, 0.5) is 0 Å². The Labute approximate surface area is 121 Å². The third-order valence-electron chi connectivity index (χ3n) is 3.59. The number of nitrogens with two attached hydrogens (primary N) is 1. The zero-order valence-electron chi connectivity index (χ0n) is 11.7. The summed E-state index contributed by atoms with van der Waals surface area (Å²) in [6.45, 7) is 0.625. The van der Waals surface area contributed by atoms with Crippen molar-refractivity contribution in [2.24, 2.45) is 12.8 Å². The topological polar surface area (TPSA) is 77.5 Å². The van der Waals surface area contributed by atoms with Crippen LogP contribution in [0, 0.1) is 0 Å². The number of benzene rings is 2. The lowest BCUT2D eigenvalue weighted by atomic mass is 10.1. The molecule has 0 radical (unpaired) electrons. The van der Waals surface area contributed by atoms with Crippen LogP contribution in [0.2, 0.25) is 0 Å². The lowest BCUT2D eigenvalue weighted by molar-refractivity contribution is 0.310. The number of aryl methyl sites for hydroxylation is 1. The molecule has 0 saturated heterocycles. The second kappa shape index (κ2) is 5.10. The Hall–Kier alpha value is -2.53. The van der Waals surface area contributed by atoms with Crippen LogP contribution in [0.5, 0.6) is 11.5 Å². The third kappa shape index (κ3) is 2.02. The Balaban J connectivity index is 2.41. The van der Waals surface area contributed by atoms with Crippen LogP contribution in [-0.4, -0.2) is 22.8 Å². The fourth-order valence-electron chi connectivity index (χ4n) is 2.57. The molecule has 21 heavy (non-hydrogen) atoms. The summed E-state index contributed by atoms with van der Waals surface area (Å²) < 4.78 is 7.27. The molecule has 108 valence electrons. The molecule has 3 aromatic rings. The van der Waals surface area contributed by atoms with Gasteiger partial charge < -0.3 is 20.1 Å². The van der Waals surface area contributed by atoms with E-state index in [0.717, 1.165) is 5.52 Å². The summed E-state index contributed by atoms with van der Waals surface area (Å²) in [6.07, 6.45) is 0. The van der Waals surface area contributed by atoms with Crippen molar-refractivity contribution in [2.45, 2.75) is 0 Å². The number of rotatable bonds is 3. The van der Waals surface area contributed by atoms with Crippen molar-refractivity contribution in [3.05, 3.63) is 46.6 Å². The Kier molecular flexibility index (Phi) is 3.27. The number of phenols is 1. The lowest BCUT2D eigenvalue weighted by Crippen LogP contribution is -2.12. The van der Waals surface area contributed by atoms with E-state index in [1.807, 2.05) is 23.7 Å². The number of hydrogen-bond donors (Lipinski definition) is 2. The highest BCUT2D eigenvalue weighted by Crippen LogP contribution is 2.33. The molecule has 2 aromatic carbocycles. The Morgan fingerprint density at radius 3 is 2.71 bits per heavy atom. The number of aromatic hydroxyl groups is 1. The minimum atomic E-state index is -0.200. The number of ether oxygens (including phenoxy) is 1. The van der Waals surface area contributed by atoms with Gasteiger partial charge in [-0.2, -0.15) is 0 Å².